The second-order valence-corrected chi connectivity index (χ2v) is 6.46. The second-order valence-electron chi connectivity index (χ2n) is 6.46. The van der Waals surface area contributed by atoms with Gasteiger partial charge in [0, 0.05) is 47.4 Å². The van der Waals surface area contributed by atoms with Crippen molar-refractivity contribution in [2.24, 2.45) is 5.10 Å². The van der Waals surface area contributed by atoms with E-state index < -0.39 is 4.92 Å². The van der Waals surface area contributed by atoms with Gasteiger partial charge in [0.1, 0.15) is 5.69 Å². The van der Waals surface area contributed by atoms with Crippen LogP contribution in [-0.4, -0.2) is 31.8 Å². The van der Waals surface area contributed by atoms with Crippen molar-refractivity contribution in [1.29, 1.82) is 0 Å². The number of nitro groups is 1. The van der Waals surface area contributed by atoms with Gasteiger partial charge in [0.05, 0.1) is 16.8 Å². The molecule has 0 atom stereocenters. The lowest BCUT2D eigenvalue weighted by atomic mass is 10.1. The molecular weight excluding hydrogens is 396 g/mol. The number of hydrazone groups is 1. The zero-order valence-corrected chi connectivity index (χ0v) is 16.1. The molecule has 0 unspecified atom stereocenters. The van der Waals surface area contributed by atoms with Crippen LogP contribution in [0.25, 0.3) is 16.9 Å². The third-order valence-corrected chi connectivity index (χ3v) is 4.41. The van der Waals surface area contributed by atoms with Crippen molar-refractivity contribution in [3.63, 3.8) is 0 Å². The van der Waals surface area contributed by atoms with E-state index in [2.05, 4.69) is 20.6 Å². The standard InChI is InChI=1S/C22H16N6O3/c29-22(16-9-11-23-12-10-16)25-24-14-18-15-27(19-6-2-1-3-7-19)26-21(18)17-5-4-8-20(13-17)28(30)31/h1-15H,(H,25,29)/b24-14+. The number of nitro benzene ring substituents is 1. The summed E-state index contributed by atoms with van der Waals surface area (Å²) in [6.07, 6.45) is 6.23. The molecule has 2 aromatic carbocycles. The fraction of sp³-hybridized carbons (Fsp3) is 0. The molecule has 0 fully saturated rings. The summed E-state index contributed by atoms with van der Waals surface area (Å²) in [5, 5.41) is 19.8. The molecule has 9 nitrogen and oxygen atoms in total. The number of para-hydroxylation sites is 1. The molecule has 0 aliphatic heterocycles. The van der Waals surface area contributed by atoms with Crippen LogP contribution < -0.4 is 5.43 Å². The molecule has 9 heteroatoms. The summed E-state index contributed by atoms with van der Waals surface area (Å²) in [7, 11) is 0. The maximum Gasteiger partial charge on any atom is 0.271 e. The molecule has 4 rings (SSSR count). The number of benzene rings is 2. The molecule has 1 amide bonds. The number of amides is 1. The van der Waals surface area contributed by atoms with Crippen molar-refractivity contribution in [2.45, 2.75) is 0 Å². The van der Waals surface area contributed by atoms with E-state index in [1.165, 1.54) is 30.7 Å². The quantitative estimate of drug-likeness (QED) is 0.295. The number of hydrogen-bond acceptors (Lipinski definition) is 6. The Morgan fingerprint density at radius 2 is 1.84 bits per heavy atom. The van der Waals surface area contributed by atoms with E-state index in [4.69, 9.17) is 0 Å². The summed E-state index contributed by atoms with van der Waals surface area (Å²) < 4.78 is 1.65. The van der Waals surface area contributed by atoms with Crippen molar-refractivity contribution < 1.29 is 9.72 Å². The van der Waals surface area contributed by atoms with Gasteiger partial charge >= 0.3 is 0 Å². The Labute approximate surface area is 176 Å². The van der Waals surface area contributed by atoms with Gasteiger partial charge in [-0.25, -0.2) is 10.1 Å². The summed E-state index contributed by atoms with van der Waals surface area (Å²) in [4.78, 5) is 26.8. The minimum Gasteiger partial charge on any atom is -0.267 e. The number of hydrogen-bond donors (Lipinski definition) is 1. The van der Waals surface area contributed by atoms with Crippen LogP contribution >= 0.6 is 0 Å². The third kappa shape index (κ3) is 4.51. The van der Waals surface area contributed by atoms with E-state index in [9.17, 15) is 14.9 Å². The van der Waals surface area contributed by atoms with Crippen LogP contribution in [0.15, 0.2) is 90.4 Å². The van der Waals surface area contributed by atoms with E-state index in [0.29, 0.717) is 22.4 Å². The van der Waals surface area contributed by atoms with Gasteiger partial charge in [0.2, 0.25) is 0 Å². The largest absolute Gasteiger partial charge is 0.271 e. The van der Waals surface area contributed by atoms with Crippen molar-refractivity contribution in [1.82, 2.24) is 20.2 Å². The normalized spacial score (nSPS) is 10.8. The average Bonchev–Trinajstić information content (AvgIpc) is 3.24. The first kappa shape index (κ1) is 19.6. The van der Waals surface area contributed by atoms with Gasteiger partial charge in [-0.05, 0) is 24.3 Å². The first-order valence-electron chi connectivity index (χ1n) is 9.25. The number of non-ortho nitro benzene ring substituents is 1. The molecule has 4 aromatic rings. The number of carbonyl (C=O) groups is 1. The fourth-order valence-electron chi connectivity index (χ4n) is 2.91. The topological polar surface area (TPSA) is 115 Å². The van der Waals surface area contributed by atoms with E-state index in [0.717, 1.165) is 5.69 Å². The van der Waals surface area contributed by atoms with Gasteiger partial charge in [-0.1, -0.05) is 30.3 Å². The minimum atomic E-state index is -0.458. The highest BCUT2D eigenvalue weighted by molar-refractivity contribution is 5.95. The van der Waals surface area contributed by atoms with E-state index in [-0.39, 0.29) is 11.6 Å². The molecule has 0 aliphatic carbocycles. The van der Waals surface area contributed by atoms with Crippen LogP contribution in [0.1, 0.15) is 15.9 Å². The zero-order chi connectivity index (χ0) is 21.6. The lowest BCUT2D eigenvalue weighted by Crippen LogP contribution is -2.17. The molecule has 152 valence electrons. The maximum atomic E-state index is 12.2. The lowest BCUT2D eigenvalue weighted by molar-refractivity contribution is -0.384. The summed E-state index contributed by atoms with van der Waals surface area (Å²) in [6.45, 7) is 0. The number of nitrogens with one attached hydrogen (secondary N) is 1. The Morgan fingerprint density at radius 3 is 2.58 bits per heavy atom. The predicted octanol–water partition coefficient (Wildman–Crippen LogP) is 3.61. The predicted molar refractivity (Wildman–Crippen MR) is 115 cm³/mol. The molecule has 0 radical (unpaired) electrons. The molecule has 1 N–H and O–H groups in total. The average molecular weight is 412 g/mol. The molecule has 31 heavy (non-hydrogen) atoms. The first-order valence-corrected chi connectivity index (χ1v) is 9.25. The first-order chi connectivity index (χ1) is 15.1. The number of pyridine rings is 1. The van der Waals surface area contributed by atoms with E-state index >= 15 is 0 Å². The monoisotopic (exact) mass is 412 g/mol. The molecule has 2 heterocycles. The van der Waals surface area contributed by atoms with Crippen LogP contribution in [0.4, 0.5) is 5.69 Å². The van der Waals surface area contributed by atoms with Crippen molar-refractivity contribution in [2.75, 3.05) is 0 Å². The Hall–Kier alpha value is -4.66. The fourth-order valence-corrected chi connectivity index (χ4v) is 2.91. The Bertz CT molecular complexity index is 1250. The van der Waals surface area contributed by atoms with E-state index in [1.807, 2.05) is 30.3 Å². The van der Waals surface area contributed by atoms with Crippen LogP contribution in [0.5, 0.6) is 0 Å². The molecule has 0 saturated heterocycles. The Morgan fingerprint density at radius 1 is 1.06 bits per heavy atom. The highest BCUT2D eigenvalue weighted by Crippen LogP contribution is 2.26. The molecule has 0 saturated carbocycles. The van der Waals surface area contributed by atoms with Gasteiger partial charge in [0.25, 0.3) is 11.6 Å². The number of carbonyl (C=O) groups excluding carboxylic acids is 1. The Balaban J connectivity index is 1.68. The number of nitrogens with zero attached hydrogens (tertiary/aromatic N) is 5. The summed E-state index contributed by atoms with van der Waals surface area (Å²) in [5.41, 5.74) is 5.30. The molecule has 0 aliphatic rings. The number of rotatable bonds is 6. The van der Waals surface area contributed by atoms with Crippen LogP contribution in [0.2, 0.25) is 0 Å². The van der Waals surface area contributed by atoms with Crippen molar-refractivity contribution in [3.05, 3.63) is 107 Å². The van der Waals surface area contributed by atoms with Crippen LogP contribution in [0, 0.1) is 10.1 Å². The molecular formula is C22H16N6O3. The zero-order valence-electron chi connectivity index (χ0n) is 16.1. The minimum absolute atomic E-state index is 0.0411. The van der Waals surface area contributed by atoms with Crippen molar-refractivity contribution >= 4 is 17.8 Å². The summed E-state index contributed by atoms with van der Waals surface area (Å²) in [6, 6.07) is 18.8. The van der Waals surface area contributed by atoms with Crippen LogP contribution in [0.3, 0.4) is 0 Å². The van der Waals surface area contributed by atoms with E-state index in [1.54, 1.807) is 35.1 Å². The lowest BCUT2D eigenvalue weighted by Gasteiger charge is -2.01. The van der Waals surface area contributed by atoms with Crippen LogP contribution in [-0.2, 0) is 0 Å². The highest BCUT2D eigenvalue weighted by atomic mass is 16.6. The van der Waals surface area contributed by atoms with Crippen molar-refractivity contribution in [3.8, 4) is 16.9 Å². The van der Waals surface area contributed by atoms with Gasteiger partial charge < -0.3 is 0 Å². The SMILES string of the molecule is O=C(N/N=C/c1cn(-c2ccccc2)nc1-c1cccc([N+](=O)[O-])c1)c1ccncc1. The molecule has 0 spiro atoms. The molecule has 2 aromatic heterocycles. The van der Waals surface area contributed by atoms with Gasteiger partial charge in [-0.15, -0.1) is 0 Å². The third-order valence-electron chi connectivity index (χ3n) is 4.41. The summed E-state index contributed by atoms with van der Waals surface area (Å²) in [5.74, 6) is -0.383. The van der Waals surface area contributed by atoms with Gasteiger partial charge in [-0.2, -0.15) is 10.2 Å². The Kier molecular flexibility index (Phi) is 5.57. The second kappa shape index (κ2) is 8.78. The smallest absolute Gasteiger partial charge is 0.267 e. The highest BCUT2D eigenvalue weighted by Gasteiger charge is 2.14. The van der Waals surface area contributed by atoms with Gasteiger partial charge in [-0.3, -0.25) is 19.9 Å². The maximum absolute atomic E-state index is 12.2. The molecule has 0 bridgehead atoms. The van der Waals surface area contributed by atoms with Gasteiger partial charge in [0.15, 0.2) is 0 Å². The summed E-state index contributed by atoms with van der Waals surface area (Å²) >= 11 is 0. The number of aromatic nitrogens is 3.